The van der Waals surface area contributed by atoms with Crippen LogP contribution in [-0.2, 0) is 9.59 Å². The van der Waals surface area contributed by atoms with Gasteiger partial charge in [-0.2, -0.15) is 5.10 Å². The number of nitrogens with zero attached hydrogens (tertiary/aromatic N) is 2. The maximum atomic E-state index is 12.9. The number of fused-ring (bicyclic) bond motifs is 2. The molecule has 8 nitrogen and oxygen atoms in total. The van der Waals surface area contributed by atoms with Crippen molar-refractivity contribution in [3.63, 3.8) is 0 Å². The number of anilines is 2. The molecule has 2 aromatic carbocycles. The van der Waals surface area contributed by atoms with Crippen molar-refractivity contribution in [1.82, 2.24) is 9.78 Å². The van der Waals surface area contributed by atoms with E-state index >= 15 is 0 Å². The molecular formula is C20H15ClN4O4. The first-order chi connectivity index (χ1) is 14.1. The van der Waals surface area contributed by atoms with Crippen LogP contribution in [0.5, 0.6) is 11.5 Å². The molecule has 0 spiro atoms. The van der Waals surface area contributed by atoms with Crippen molar-refractivity contribution in [2.24, 2.45) is 0 Å². The zero-order chi connectivity index (χ0) is 20.0. The minimum Gasteiger partial charge on any atom is -0.454 e. The first-order valence-electron chi connectivity index (χ1n) is 8.92. The summed E-state index contributed by atoms with van der Waals surface area (Å²) >= 11 is 5.96. The Kier molecular flexibility index (Phi) is 4.13. The molecule has 29 heavy (non-hydrogen) atoms. The lowest BCUT2D eigenvalue weighted by molar-refractivity contribution is -0.125. The van der Waals surface area contributed by atoms with E-state index in [9.17, 15) is 9.59 Å². The molecule has 146 valence electrons. The fraction of sp³-hybridized carbons (Fsp3) is 0.150. The van der Waals surface area contributed by atoms with Gasteiger partial charge in [-0.05, 0) is 29.8 Å². The summed E-state index contributed by atoms with van der Waals surface area (Å²) in [7, 11) is 0. The van der Waals surface area contributed by atoms with Gasteiger partial charge in [0.05, 0.1) is 12.6 Å². The SMILES string of the molecule is O=C1C[C@H](C(=O)Nc2ccc3c(c2)OCO3)n2ncc(-c3ccc(Cl)cc3)c2N1. The first kappa shape index (κ1) is 17.6. The predicted octanol–water partition coefficient (Wildman–Crippen LogP) is 3.45. The molecule has 0 aliphatic carbocycles. The summed E-state index contributed by atoms with van der Waals surface area (Å²) in [5.74, 6) is 1.08. The number of nitrogens with one attached hydrogen (secondary N) is 2. The van der Waals surface area contributed by atoms with Crippen LogP contribution in [0, 0.1) is 0 Å². The number of amides is 2. The summed E-state index contributed by atoms with van der Waals surface area (Å²) in [6.07, 6.45) is 1.62. The Morgan fingerprint density at radius 3 is 2.79 bits per heavy atom. The summed E-state index contributed by atoms with van der Waals surface area (Å²) in [5, 5.41) is 10.6. The molecule has 1 atom stereocenters. The molecule has 2 aliphatic rings. The lowest BCUT2D eigenvalue weighted by atomic mass is 10.1. The molecule has 2 aliphatic heterocycles. The normalized spacial score (nSPS) is 16.9. The molecule has 3 heterocycles. The van der Waals surface area contributed by atoms with Gasteiger partial charge in [-0.25, -0.2) is 4.68 Å². The largest absolute Gasteiger partial charge is 0.454 e. The van der Waals surface area contributed by atoms with E-state index in [1.807, 2.05) is 12.1 Å². The van der Waals surface area contributed by atoms with Crippen LogP contribution >= 0.6 is 11.6 Å². The van der Waals surface area contributed by atoms with Crippen molar-refractivity contribution in [2.45, 2.75) is 12.5 Å². The molecule has 0 saturated carbocycles. The fourth-order valence-electron chi connectivity index (χ4n) is 3.41. The Hall–Kier alpha value is -3.52. The summed E-state index contributed by atoms with van der Waals surface area (Å²) in [5.41, 5.74) is 2.11. The zero-order valence-electron chi connectivity index (χ0n) is 15.0. The summed E-state index contributed by atoms with van der Waals surface area (Å²) < 4.78 is 12.1. The number of hydrogen-bond donors (Lipinski definition) is 2. The fourth-order valence-corrected chi connectivity index (χ4v) is 3.54. The number of carbonyl (C=O) groups is 2. The van der Waals surface area contributed by atoms with E-state index in [1.165, 1.54) is 4.68 Å². The van der Waals surface area contributed by atoms with Crippen LogP contribution in [0.15, 0.2) is 48.7 Å². The van der Waals surface area contributed by atoms with E-state index in [0.717, 1.165) is 11.1 Å². The Morgan fingerprint density at radius 2 is 1.97 bits per heavy atom. The topological polar surface area (TPSA) is 94.5 Å². The second-order valence-electron chi connectivity index (χ2n) is 6.68. The molecule has 0 unspecified atom stereocenters. The van der Waals surface area contributed by atoms with Gasteiger partial charge in [0.2, 0.25) is 18.6 Å². The van der Waals surface area contributed by atoms with Crippen molar-refractivity contribution in [2.75, 3.05) is 17.4 Å². The van der Waals surface area contributed by atoms with Crippen LogP contribution in [0.25, 0.3) is 11.1 Å². The van der Waals surface area contributed by atoms with E-state index in [-0.39, 0.29) is 25.0 Å². The number of aromatic nitrogens is 2. The second-order valence-corrected chi connectivity index (χ2v) is 7.12. The van der Waals surface area contributed by atoms with Crippen molar-refractivity contribution >= 4 is 34.9 Å². The van der Waals surface area contributed by atoms with Gasteiger partial charge >= 0.3 is 0 Å². The number of halogens is 1. The predicted molar refractivity (Wildman–Crippen MR) is 106 cm³/mol. The van der Waals surface area contributed by atoms with Crippen LogP contribution in [0.2, 0.25) is 5.02 Å². The van der Waals surface area contributed by atoms with E-state index in [1.54, 1.807) is 36.5 Å². The molecule has 2 N–H and O–H groups in total. The van der Waals surface area contributed by atoms with Gasteiger partial charge in [0.15, 0.2) is 11.5 Å². The van der Waals surface area contributed by atoms with Crippen LogP contribution in [0.1, 0.15) is 12.5 Å². The van der Waals surface area contributed by atoms with Crippen molar-refractivity contribution < 1.29 is 19.1 Å². The van der Waals surface area contributed by atoms with Crippen molar-refractivity contribution in [3.8, 4) is 22.6 Å². The average molecular weight is 411 g/mol. The number of ether oxygens (including phenoxy) is 2. The Bertz CT molecular complexity index is 1130. The summed E-state index contributed by atoms with van der Waals surface area (Å²) in [6, 6.07) is 11.5. The molecule has 5 rings (SSSR count). The van der Waals surface area contributed by atoms with Gasteiger partial charge in [0.1, 0.15) is 11.9 Å². The molecular weight excluding hydrogens is 396 g/mol. The minimum absolute atomic E-state index is 0.00881. The zero-order valence-corrected chi connectivity index (χ0v) is 15.8. The molecule has 0 fully saturated rings. The number of benzene rings is 2. The summed E-state index contributed by atoms with van der Waals surface area (Å²) in [4.78, 5) is 25.2. The van der Waals surface area contributed by atoms with Crippen molar-refractivity contribution in [3.05, 3.63) is 53.7 Å². The highest BCUT2D eigenvalue weighted by atomic mass is 35.5. The van der Waals surface area contributed by atoms with Gasteiger partial charge < -0.3 is 20.1 Å². The molecule has 1 aromatic heterocycles. The highest BCUT2D eigenvalue weighted by Gasteiger charge is 2.33. The smallest absolute Gasteiger partial charge is 0.249 e. The van der Waals surface area contributed by atoms with Crippen LogP contribution in [0.4, 0.5) is 11.5 Å². The van der Waals surface area contributed by atoms with E-state index < -0.39 is 6.04 Å². The standard InChI is InChI=1S/C20H15ClN4O4/c21-12-3-1-11(2-4-12)14-9-22-25-15(8-18(26)24-19(14)25)20(27)23-13-5-6-16-17(7-13)29-10-28-16/h1-7,9,15H,8,10H2,(H,23,27)(H,24,26)/t15-/m1/s1. The van der Waals surface area contributed by atoms with E-state index in [4.69, 9.17) is 21.1 Å². The van der Waals surface area contributed by atoms with Gasteiger partial charge in [0, 0.05) is 22.3 Å². The Balaban J connectivity index is 1.44. The second kappa shape index (κ2) is 6.82. The van der Waals surface area contributed by atoms with Crippen LogP contribution < -0.4 is 20.1 Å². The lowest BCUT2D eigenvalue weighted by Gasteiger charge is -2.24. The number of hydrogen-bond acceptors (Lipinski definition) is 5. The highest BCUT2D eigenvalue weighted by Crippen LogP contribution is 2.36. The molecule has 0 radical (unpaired) electrons. The lowest BCUT2D eigenvalue weighted by Crippen LogP contribution is -2.35. The third-order valence-corrected chi connectivity index (χ3v) is 5.08. The Morgan fingerprint density at radius 1 is 1.17 bits per heavy atom. The minimum atomic E-state index is -0.773. The third-order valence-electron chi connectivity index (χ3n) is 4.83. The van der Waals surface area contributed by atoms with E-state index in [2.05, 4.69) is 15.7 Å². The van der Waals surface area contributed by atoms with Crippen LogP contribution in [-0.4, -0.2) is 28.4 Å². The molecule has 9 heteroatoms. The molecule has 0 bridgehead atoms. The van der Waals surface area contributed by atoms with Crippen LogP contribution in [0.3, 0.4) is 0 Å². The first-order valence-corrected chi connectivity index (χ1v) is 9.30. The van der Waals surface area contributed by atoms with E-state index in [0.29, 0.717) is 28.0 Å². The van der Waals surface area contributed by atoms with Gasteiger partial charge in [-0.1, -0.05) is 23.7 Å². The maximum Gasteiger partial charge on any atom is 0.249 e. The molecule has 0 saturated heterocycles. The van der Waals surface area contributed by atoms with Gasteiger partial charge in [-0.15, -0.1) is 0 Å². The third kappa shape index (κ3) is 3.17. The van der Waals surface area contributed by atoms with Crippen molar-refractivity contribution in [1.29, 1.82) is 0 Å². The van der Waals surface area contributed by atoms with Gasteiger partial charge in [-0.3, -0.25) is 9.59 Å². The summed E-state index contributed by atoms with van der Waals surface area (Å²) in [6.45, 7) is 0.152. The molecule has 2 amide bonds. The highest BCUT2D eigenvalue weighted by molar-refractivity contribution is 6.30. The molecule has 3 aromatic rings. The monoisotopic (exact) mass is 410 g/mol. The quantitative estimate of drug-likeness (QED) is 0.689. The number of carbonyl (C=O) groups excluding carboxylic acids is 2. The maximum absolute atomic E-state index is 12.9. The number of rotatable bonds is 3. The van der Waals surface area contributed by atoms with Gasteiger partial charge in [0.25, 0.3) is 0 Å². The average Bonchev–Trinajstić information content (AvgIpc) is 3.34. The Labute approximate surface area is 170 Å².